The second-order valence-electron chi connectivity index (χ2n) is 3.01. The zero-order valence-corrected chi connectivity index (χ0v) is 10.1. The highest BCUT2D eigenvalue weighted by Crippen LogP contribution is 2.13. The average Bonchev–Trinajstić information content (AvgIpc) is 2.15. The highest BCUT2D eigenvalue weighted by atomic mass is 127. The number of hydrogen-bond donors (Lipinski definition) is 0. The molecule has 72 valence electrons. The second-order valence-corrected chi connectivity index (χ2v) is 4.26. The van der Waals surface area contributed by atoms with Crippen LogP contribution in [0.4, 0.5) is 0 Å². The van der Waals surface area contributed by atoms with Crippen molar-refractivity contribution in [2.24, 2.45) is 0 Å². The van der Waals surface area contributed by atoms with Gasteiger partial charge in [-0.15, -0.1) is 0 Å². The van der Waals surface area contributed by atoms with Crippen LogP contribution in [-0.2, 0) is 0 Å². The van der Waals surface area contributed by atoms with Crippen molar-refractivity contribution in [1.29, 1.82) is 0 Å². The van der Waals surface area contributed by atoms with E-state index in [1.165, 1.54) is 16.4 Å². The summed E-state index contributed by atoms with van der Waals surface area (Å²) in [6.07, 6.45) is 3.66. The Balaban J connectivity index is 2.25. The van der Waals surface area contributed by atoms with E-state index in [2.05, 4.69) is 41.6 Å². The van der Waals surface area contributed by atoms with E-state index in [1.54, 1.807) is 0 Å². The third-order valence-electron chi connectivity index (χ3n) is 1.83. The lowest BCUT2D eigenvalue weighted by atomic mass is 10.3. The van der Waals surface area contributed by atoms with Crippen LogP contribution in [0.1, 0.15) is 26.2 Å². The van der Waals surface area contributed by atoms with Gasteiger partial charge in [0.1, 0.15) is 5.75 Å². The van der Waals surface area contributed by atoms with Crippen LogP contribution in [0.3, 0.4) is 0 Å². The van der Waals surface area contributed by atoms with Crippen LogP contribution in [0, 0.1) is 3.57 Å². The maximum absolute atomic E-state index is 5.56. The first-order valence-electron chi connectivity index (χ1n) is 4.71. The third kappa shape index (κ3) is 4.50. The van der Waals surface area contributed by atoms with Gasteiger partial charge < -0.3 is 4.74 Å². The van der Waals surface area contributed by atoms with Crippen LogP contribution >= 0.6 is 22.6 Å². The number of rotatable bonds is 5. The second kappa shape index (κ2) is 6.24. The van der Waals surface area contributed by atoms with E-state index >= 15 is 0 Å². The van der Waals surface area contributed by atoms with Gasteiger partial charge in [0, 0.05) is 3.57 Å². The van der Waals surface area contributed by atoms with Gasteiger partial charge in [-0.25, -0.2) is 0 Å². The Morgan fingerprint density at radius 2 is 1.85 bits per heavy atom. The Hall–Kier alpha value is -0.250. The number of hydrogen-bond acceptors (Lipinski definition) is 1. The van der Waals surface area contributed by atoms with Crippen molar-refractivity contribution in [3.05, 3.63) is 27.8 Å². The highest BCUT2D eigenvalue weighted by Gasteiger charge is 1.92. The molecule has 0 aliphatic rings. The highest BCUT2D eigenvalue weighted by molar-refractivity contribution is 14.1. The molecule has 0 amide bonds. The van der Waals surface area contributed by atoms with Crippen molar-refractivity contribution < 1.29 is 4.74 Å². The van der Waals surface area contributed by atoms with Gasteiger partial charge in [-0.2, -0.15) is 0 Å². The first-order chi connectivity index (χ1) is 6.33. The van der Waals surface area contributed by atoms with E-state index in [4.69, 9.17) is 4.74 Å². The molecule has 0 aliphatic carbocycles. The summed E-state index contributed by atoms with van der Waals surface area (Å²) in [5.74, 6) is 0.983. The average molecular weight is 290 g/mol. The topological polar surface area (TPSA) is 9.23 Å². The summed E-state index contributed by atoms with van der Waals surface area (Å²) in [6, 6.07) is 8.17. The number of unbranched alkanes of at least 4 members (excludes halogenated alkanes) is 2. The third-order valence-corrected chi connectivity index (χ3v) is 2.55. The maximum Gasteiger partial charge on any atom is 0.119 e. The SMILES string of the molecule is CCCCCOc1ccc(I)cc1. The Morgan fingerprint density at radius 1 is 1.15 bits per heavy atom. The summed E-state index contributed by atoms with van der Waals surface area (Å²) in [7, 11) is 0. The van der Waals surface area contributed by atoms with Crippen molar-refractivity contribution in [2.45, 2.75) is 26.2 Å². The standard InChI is InChI=1S/C11H15IO/c1-2-3-4-9-13-11-7-5-10(12)6-8-11/h5-8H,2-4,9H2,1H3. The molecule has 0 N–H and O–H groups in total. The van der Waals surface area contributed by atoms with Crippen molar-refractivity contribution in [3.8, 4) is 5.75 Å². The number of halogens is 1. The first kappa shape index (κ1) is 10.8. The lowest BCUT2D eigenvalue weighted by Crippen LogP contribution is -1.96. The minimum Gasteiger partial charge on any atom is -0.494 e. The molecule has 13 heavy (non-hydrogen) atoms. The summed E-state index contributed by atoms with van der Waals surface area (Å²) in [5.41, 5.74) is 0. The van der Waals surface area contributed by atoms with Gasteiger partial charge in [-0.3, -0.25) is 0 Å². The molecule has 0 heterocycles. The minimum atomic E-state index is 0.842. The van der Waals surface area contributed by atoms with E-state index in [0.29, 0.717) is 0 Å². The van der Waals surface area contributed by atoms with Gasteiger partial charge in [-0.1, -0.05) is 19.8 Å². The zero-order valence-electron chi connectivity index (χ0n) is 7.92. The molecule has 0 saturated heterocycles. The normalized spacial score (nSPS) is 10.0. The predicted octanol–water partition coefficient (Wildman–Crippen LogP) is 3.86. The van der Waals surface area contributed by atoms with Crippen molar-refractivity contribution in [3.63, 3.8) is 0 Å². The molecule has 0 bridgehead atoms. The van der Waals surface area contributed by atoms with E-state index in [-0.39, 0.29) is 0 Å². The molecule has 0 aliphatic heterocycles. The lowest BCUT2D eigenvalue weighted by Gasteiger charge is -2.04. The molecule has 1 aromatic carbocycles. The predicted molar refractivity (Wildman–Crippen MR) is 64.2 cm³/mol. The van der Waals surface area contributed by atoms with Gasteiger partial charge in [0.15, 0.2) is 0 Å². The molecule has 0 fully saturated rings. The molecule has 0 radical (unpaired) electrons. The van der Waals surface area contributed by atoms with Gasteiger partial charge in [0.25, 0.3) is 0 Å². The fourth-order valence-electron chi connectivity index (χ4n) is 1.07. The van der Waals surface area contributed by atoms with Crippen molar-refractivity contribution in [1.82, 2.24) is 0 Å². The smallest absolute Gasteiger partial charge is 0.119 e. The van der Waals surface area contributed by atoms with E-state index in [9.17, 15) is 0 Å². The molecule has 0 aromatic heterocycles. The summed E-state index contributed by atoms with van der Waals surface area (Å²) < 4.78 is 6.81. The van der Waals surface area contributed by atoms with Gasteiger partial charge in [-0.05, 0) is 53.3 Å². The minimum absolute atomic E-state index is 0.842. The summed E-state index contributed by atoms with van der Waals surface area (Å²) in [6.45, 7) is 3.04. The fourth-order valence-corrected chi connectivity index (χ4v) is 1.43. The molecule has 0 atom stereocenters. The van der Waals surface area contributed by atoms with Gasteiger partial charge in [0.2, 0.25) is 0 Å². The molecular weight excluding hydrogens is 275 g/mol. The zero-order chi connectivity index (χ0) is 9.52. The summed E-state index contributed by atoms with van der Waals surface area (Å²) in [4.78, 5) is 0. The van der Waals surface area contributed by atoms with Crippen LogP contribution in [-0.4, -0.2) is 6.61 Å². The molecule has 1 nitrogen and oxygen atoms in total. The van der Waals surface area contributed by atoms with Crippen LogP contribution < -0.4 is 4.74 Å². The van der Waals surface area contributed by atoms with Crippen molar-refractivity contribution in [2.75, 3.05) is 6.61 Å². The van der Waals surface area contributed by atoms with E-state index in [0.717, 1.165) is 18.8 Å². The van der Waals surface area contributed by atoms with Crippen LogP contribution in [0.5, 0.6) is 5.75 Å². The first-order valence-corrected chi connectivity index (χ1v) is 5.79. The molecule has 0 saturated carbocycles. The Bertz CT molecular complexity index is 230. The molecule has 1 aromatic rings. The van der Waals surface area contributed by atoms with Gasteiger partial charge in [0.05, 0.1) is 6.61 Å². The quantitative estimate of drug-likeness (QED) is 0.591. The van der Waals surface area contributed by atoms with Crippen molar-refractivity contribution >= 4 is 22.6 Å². The monoisotopic (exact) mass is 290 g/mol. The van der Waals surface area contributed by atoms with Crippen LogP contribution in [0.2, 0.25) is 0 Å². The Kier molecular flexibility index (Phi) is 5.20. The summed E-state index contributed by atoms with van der Waals surface area (Å²) >= 11 is 2.29. The molecule has 0 unspecified atom stereocenters. The molecule has 1 rings (SSSR count). The van der Waals surface area contributed by atoms with Crippen LogP contribution in [0.25, 0.3) is 0 Å². The largest absolute Gasteiger partial charge is 0.494 e. The van der Waals surface area contributed by atoms with Gasteiger partial charge >= 0.3 is 0 Å². The molecule has 2 heteroatoms. The molecule has 0 spiro atoms. The fraction of sp³-hybridized carbons (Fsp3) is 0.455. The Morgan fingerprint density at radius 3 is 2.46 bits per heavy atom. The maximum atomic E-state index is 5.56. The van der Waals surface area contributed by atoms with E-state index < -0.39 is 0 Å². The number of ether oxygens (including phenoxy) is 1. The Labute approximate surface area is 93.6 Å². The number of benzene rings is 1. The lowest BCUT2D eigenvalue weighted by molar-refractivity contribution is 0.306. The van der Waals surface area contributed by atoms with E-state index in [1.807, 2.05) is 12.1 Å². The van der Waals surface area contributed by atoms with Crippen LogP contribution in [0.15, 0.2) is 24.3 Å². The summed E-state index contributed by atoms with van der Waals surface area (Å²) in [5, 5.41) is 0. The molecular formula is C11H15IO.